The van der Waals surface area contributed by atoms with Crippen LogP contribution in [0.25, 0.3) is 83.1 Å². The number of benzene rings is 11. The second kappa shape index (κ2) is 15.6. The standard InChI is InChI=1S/C67H44N2/c1-3-17-45(18-4-1)46-33-37-51(38-34-46)68(53-41-42-63-59(44-53)57-25-9-13-30-62(57)67(63)60-28-11-7-23-55(60)56-24-8-12-29-61(56)67)52-39-35-47(36-40-52)48-19-15-20-49(43-48)54-27-16-32-65-66(54)58-26-10-14-31-64(58)69(65)50-21-5-2-6-22-50/h1-44H. The van der Waals surface area contributed by atoms with Gasteiger partial charge >= 0.3 is 0 Å². The Balaban J connectivity index is 0.888. The Kier molecular flexibility index (Phi) is 8.84. The summed E-state index contributed by atoms with van der Waals surface area (Å²) in [6.45, 7) is 0. The van der Waals surface area contributed by atoms with E-state index in [4.69, 9.17) is 0 Å². The molecule has 2 nitrogen and oxygen atoms in total. The molecule has 0 saturated carbocycles. The van der Waals surface area contributed by atoms with E-state index in [1.807, 2.05) is 0 Å². The fourth-order valence-corrected chi connectivity index (χ4v) is 11.9. The quantitative estimate of drug-likeness (QED) is 0.155. The van der Waals surface area contributed by atoms with Crippen LogP contribution < -0.4 is 4.90 Å². The van der Waals surface area contributed by atoms with Crippen molar-refractivity contribution in [1.82, 2.24) is 4.57 Å². The predicted molar refractivity (Wildman–Crippen MR) is 288 cm³/mol. The molecule has 0 fully saturated rings. The van der Waals surface area contributed by atoms with Crippen LogP contribution in [0, 0.1) is 0 Å². The van der Waals surface area contributed by atoms with Gasteiger partial charge < -0.3 is 9.47 Å². The molecule has 0 atom stereocenters. The number of hydrogen-bond acceptors (Lipinski definition) is 1. The molecule has 1 aromatic heterocycles. The van der Waals surface area contributed by atoms with Crippen molar-refractivity contribution in [2.24, 2.45) is 0 Å². The third-order valence-electron chi connectivity index (χ3n) is 14.8. The molecule has 1 spiro atoms. The summed E-state index contributed by atoms with van der Waals surface area (Å²) >= 11 is 0. The van der Waals surface area contributed by atoms with Crippen LogP contribution in [-0.2, 0) is 5.41 Å². The van der Waals surface area contributed by atoms with Crippen molar-refractivity contribution in [3.05, 3.63) is 289 Å². The van der Waals surface area contributed by atoms with Crippen LogP contribution in [0.2, 0.25) is 0 Å². The van der Waals surface area contributed by atoms with E-state index in [0.29, 0.717) is 0 Å². The summed E-state index contributed by atoms with van der Waals surface area (Å²) in [5.74, 6) is 0. The van der Waals surface area contributed by atoms with Gasteiger partial charge in [0, 0.05) is 33.5 Å². The Hall–Kier alpha value is -8.98. The van der Waals surface area contributed by atoms with Crippen LogP contribution >= 0.6 is 0 Å². The molecule has 322 valence electrons. The number of para-hydroxylation sites is 2. The van der Waals surface area contributed by atoms with E-state index in [2.05, 4.69) is 276 Å². The highest BCUT2D eigenvalue weighted by Crippen LogP contribution is 2.63. The van der Waals surface area contributed by atoms with Crippen LogP contribution in [0.15, 0.2) is 267 Å². The summed E-state index contributed by atoms with van der Waals surface area (Å²) in [7, 11) is 0. The highest BCUT2D eigenvalue weighted by Gasteiger charge is 2.51. The van der Waals surface area contributed by atoms with Gasteiger partial charge in [-0.15, -0.1) is 0 Å². The second-order valence-electron chi connectivity index (χ2n) is 18.4. The monoisotopic (exact) mass is 876 g/mol. The Morgan fingerprint density at radius 2 is 0.725 bits per heavy atom. The number of nitrogens with zero attached hydrogens (tertiary/aromatic N) is 2. The van der Waals surface area contributed by atoms with E-state index in [0.717, 1.165) is 22.7 Å². The maximum absolute atomic E-state index is 2.43. The molecule has 0 aliphatic heterocycles. The summed E-state index contributed by atoms with van der Waals surface area (Å²) in [6.07, 6.45) is 0. The summed E-state index contributed by atoms with van der Waals surface area (Å²) in [6, 6.07) is 98.3. The average Bonchev–Trinajstić information content (AvgIpc) is 4.04. The maximum Gasteiger partial charge on any atom is 0.0725 e. The van der Waals surface area contributed by atoms with Gasteiger partial charge in [0.05, 0.1) is 16.4 Å². The molecule has 0 amide bonds. The van der Waals surface area contributed by atoms with Gasteiger partial charge in [-0.3, -0.25) is 0 Å². The lowest BCUT2D eigenvalue weighted by Crippen LogP contribution is -2.25. The Bertz CT molecular complexity index is 3890. The minimum Gasteiger partial charge on any atom is -0.310 e. The normalized spacial score (nSPS) is 12.8. The van der Waals surface area contributed by atoms with E-state index in [1.165, 1.54) is 99.7 Å². The summed E-state index contributed by atoms with van der Waals surface area (Å²) < 4.78 is 2.39. The van der Waals surface area contributed by atoms with Crippen LogP contribution in [-0.4, -0.2) is 4.57 Å². The molecule has 2 aliphatic rings. The largest absolute Gasteiger partial charge is 0.310 e. The zero-order valence-electron chi connectivity index (χ0n) is 37.8. The van der Waals surface area contributed by atoms with Crippen molar-refractivity contribution >= 4 is 38.9 Å². The van der Waals surface area contributed by atoms with Gasteiger partial charge in [0.25, 0.3) is 0 Å². The minimum atomic E-state index is -0.388. The Labute approximate surface area is 402 Å². The number of fused-ring (bicyclic) bond motifs is 13. The topological polar surface area (TPSA) is 8.17 Å². The SMILES string of the molecule is c1ccc(-c2ccc(N(c3ccc(-c4cccc(-c5cccc6c5c5ccccc5n6-c5ccccc5)c4)cc3)c3ccc4c(c3)-c3ccccc3C43c4ccccc4-c4ccccc43)cc2)cc1. The average molecular weight is 877 g/mol. The number of rotatable bonds is 7. The summed E-state index contributed by atoms with van der Waals surface area (Å²) in [4.78, 5) is 2.42. The van der Waals surface area contributed by atoms with E-state index in [9.17, 15) is 0 Å². The first-order valence-corrected chi connectivity index (χ1v) is 23.9. The van der Waals surface area contributed by atoms with Crippen molar-refractivity contribution in [2.45, 2.75) is 5.41 Å². The van der Waals surface area contributed by atoms with Gasteiger partial charge in [0.15, 0.2) is 0 Å². The highest BCUT2D eigenvalue weighted by atomic mass is 15.1. The minimum absolute atomic E-state index is 0.388. The van der Waals surface area contributed by atoms with Crippen molar-refractivity contribution in [2.75, 3.05) is 4.90 Å². The molecule has 14 rings (SSSR count). The summed E-state index contributed by atoms with van der Waals surface area (Å²) in [5, 5.41) is 2.52. The van der Waals surface area contributed by atoms with Gasteiger partial charge in [0.1, 0.15) is 0 Å². The Morgan fingerprint density at radius 1 is 0.275 bits per heavy atom. The van der Waals surface area contributed by atoms with Crippen molar-refractivity contribution in [3.8, 4) is 61.3 Å². The predicted octanol–water partition coefficient (Wildman–Crippen LogP) is 17.6. The number of anilines is 3. The van der Waals surface area contributed by atoms with Crippen LogP contribution in [0.5, 0.6) is 0 Å². The Morgan fingerprint density at radius 3 is 1.39 bits per heavy atom. The van der Waals surface area contributed by atoms with E-state index in [-0.39, 0.29) is 5.41 Å². The third kappa shape index (κ3) is 5.92. The molecule has 0 saturated heterocycles. The first kappa shape index (κ1) is 39.2. The lowest BCUT2D eigenvalue weighted by atomic mass is 9.70. The molecule has 69 heavy (non-hydrogen) atoms. The molecule has 0 radical (unpaired) electrons. The van der Waals surface area contributed by atoms with Crippen molar-refractivity contribution in [1.29, 1.82) is 0 Å². The molecule has 0 bridgehead atoms. The van der Waals surface area contributed by atoms with Gasteiger partial charge in [-0.25, -0.2) is 0 Å². The molecular formula is C67H44N2. The van der Waals surface area contributed by atoms with Crippen LogP contribution in [0.3, 0.4) is 0 Å². The van der Waals surface area contributed by atoms with Crippen molar-refractivity contribution < 1.29 is 0 Å². The molecule has 0 unspecified atom stereocenters. The lowest BCUT2D eigenvalue weighted by Gasteiger charge is -2.31. The first-order chi connectivity index (χ1) is 34.2. The lowest BCUT2D eigenvalue weighted by molar-refractivity contribution is 0.794. The highest BCUT2D eigenvalue weighted by molar-refractivity contribution is 6.16. The van der Waals surface area contributed by atoms with Gasteiger partial charge in [0.2, 0.25) is 0 Å². The fraction of sp³-hybridized carbons (Fsp3) is 0.0149. The zero-order valence-corrected chi connectivity index (χ0v) is 37.8. The van der Waals surface area contributed by atoms with Crippen molar-refractivity contribution in [3.63, 3.8) is 0 Å². The third-order valence-corrected chi connectivity index (χ3v) is 14.8. The van der Waals surface area contributed by atoms with E-state index < -0.39 is 0 Å². The molecule has 1 heterocycles. The number of hydrogen-bond donors (Lipinski definition) is 0. The molecular weight excluding hydrogens is 833 g/mol. The summed E-state index contributed by atoms with van der Waals surface area (Å²) in [5.41, 5.74) is 24.3. The fourth-order valence-electron chi connectivity index (χ4n) is 11.9. The zero-order chi connectivity index (χ0) is 45.5. The molecule has 2 aliphatic carbocycles. The molecule has 2 heteroatoms. The molecule has 0 N–H and O–H groups in total. The first-order valence-electron chi connectivity index (χ1n) is 23.9. The maximum atomic E-state index is 2.43. The van der Waals surface area contributed by atoms with Crippen LogP contribution in [0.1, 0.15) is 22.3 Å². The smallest absolute Gasteiger partial charge is 0.0725 e. The van der Waals surface area contributed by atoms with E-state index >= 15 is 0 Å². The van der Waals surface area contributed by atoms with E-state index in [1.54, 1.807) is 0 Å². The van der Waals surface area contributed by atoms with Gasteiger partial charge in [-0.2, -0.15) is 0 Å². The molecule has 11 aromatic carbocycles. The number of aromatic nitrogens is 1. The van der Waals surface area contributed by atoms with Crippen LogP contribution in [0.4, 0.5) is 17.1 Å². The second-order valence-corrected chi connectivity index (χ2v) is 18.4. The molecule has 12 aromatic rings. The van der Waals surface area contributed by atoms with Gasteiger partial charge in [-0.05, 0) is 145 Å². The van der Waals surface area contributed by atoms with Gasteiger partial charge in [-0.1, -0.05) is 200 Å².